The van der Waals surface area contributed by atoms with E-state index >= 15 is 0 Å². The maximum absolute atomic E-state index is 12.5. The van der Waals surface area contributed by atoms with E-state index in [4.69, 9.17) is 5.73 Å². The summed E-state index contributed by atoms with van der Waals surface area (Å²) in [7, 11) is 1.75. The number of pyridine rings is 1. The lowest BCUT2D eigenvalue weighted by Gasteiger charge is -2.17. The minimum atomic E-state index is -0.143. The predicted octanol–water partition coefficient (Wildman–Crippen LogP) is 2.82. The number of nitrogens with zero attached hydrogens (tertiary/aromatic N) is 2. The van der Waals surface area contributed by atoms with Crippen LogP contribution in [0.15, 0.2) is 55.2 Å². The van der Waals surface area contributed by atoms with E-state index in [-0.39, 0.29) is 5.91 Å². The fourth-order valence-electron chi connectivity index (χ4n) is 2.48. The predicted molar refractivity (Wildman–Crippen MR) is 92.5 cm³/mol. The summed E-state index contributed by atoms with van der Waals surface area (Å²) in [6.45, 7) is 4.36. The number of para-hydroxylation sites is 1. The first-order chi connectivity index (χ1) is 11.0. The number of carbonyl (C=O) groups excluding carboxylic acids is 1. The lowest BCUT2D eigenvalue weighted by Crippen LogP contribution is -2.26. The molecule has 3 aromatic rings. The second-order valence-electron chi connectivity index (χ2n) is 5.49. The van der Waals surface area contributed by atoms with E-state index in [0.29, 0.717) is 23.5 Å². The van der Waals surface area contributed by atoms with Gasteiger partial charge in [0.2, 0.25) is 0 Å². The number of fused-ring (bicyclic) bond motifs is 1. The Labute approximate surface area is 134 Å². The van der Waals surface area contributed by atoms with Crippen molar-refractivity contribution in [3.8, 4) is 0 Å². The second kappa shape index (κ2) is 5.96. The second-order valence-corrected chi connectivity index (χ2v) is 5.49. The lowest BCUT2D eigenvalue weighted by atomic mass is 10.1. The molecule has 5 nitrogen and oxygen atoms in total. The van der Waals surface area contributed by atoms with Gasteiger partial charge in [0.05, 0.1) is 6.54 Å². The Balaban J connectivity index is 1.74. The normalized spacial score (nSPS) is 10.7. The number of aromatic amines is 1. The zero-order valence-electron chi connectivity index (χ0n) is 12.9. The number of hydrogen-bond donors (Lipinski definition) is 2. The Morgan fingerprint density at radius 2 is 2.09 bits per heavy atom. The summed E-state index contributed by atoms with van der Waals surface area (Å²) >= 11 is 0. The molecule has 3 rings (SSSR count). The van der Waals surface area contributed by atoms with Crippen molar-refractivity contribution in [1.29, 1.82) is 0 Å². The van der Waals surface area contributed by atoms with Gasteiger partial charge in [0.1, 0.15) is 5.82 Å². The molecule has 0 aliphatic carbocycles. The third-order valence-corrected chi connectivity index (χ3v) is 3.73. The molecular formula is C18H18N4O. The summed E-state index contributed by atoms with van der Waals surface area (Å²) in [6, 6.07) is 13.5. The van der Waals surface area contributed by atoms with Gasteiger partial charge in [-0.2, -0.15) is 0 Å². The van der Waals surface area contributed by atoms with Gasteiger partial charge in [-0.15, -0.1) is 0 Å². The molecule has 1 aromatic carbocycles. The summed E-state index contributed by atoms with van der Waals surface area (Å²) < 4.78 is 0. The molecule has 23 heavy (non-hydrogen) atoms. The molecular weight excluding hydrogens is 288 g/mol. The highest BCUT2D eigenvalue weighted by Crippen LogP contribution is 2.18. The van der Waals surface area contributed by atoms with E-state index in [1.165, 1.54) is 0 Å². The number of rotatable bonds is 4. The van der Waals surface area contributed by atoms with Crippen molar-refractivity contribution < 1.29 is 4.79 Å². The van der Waals surface area contributed by atoms with E-state index < -0.39 is 0 Å². The number of benzene rings is 1. The standard InChI is InChI=1S/C18H18N4O/c1-12(14-7-8-17(19)20-10-14)18(23)22(2)11-15-9-13-5-3-4-6-16(13)21-15/h3-10,21H,1,11H2,2H3,(H2,19,20). The number of carbonyl (C=O) groups is 1. The topological polar surface area (TPSA) is 75.0 Å². The van der Waals surface area contributed by atoms with Crippen LogP contribution in [-0.4, -0.2) is 27.8 Å². The number of hydrogen-bond acceptors (Lipinski definition) is 3. The first kappa shape index (κ1) is 14.8. The van der Waals surface area contributed by atoms with Crippen LogP contribution < -0.4 is 5.73 Å². The SMILES string of the molecule is C=C(C(=O)N(C)Cc1cc2ccccc2[nH]1)c1ccc(N)nc1. The summed E-state index contributed by atoms with van der Waals surface area (Å²) in [5, 5.41) is 1.13. The highest BCUT2D eigenvalue weighted by Gasteiger charge is 2.16. The van der Waals surface area contributed by atoms with Crippen LogP contribution in [0, 0.1) is 0 Å². The molecule has 0 aliphatic heterocycles. The molecule has 1 amide bonds. The van der Waals surface area contributed by atoms with E-state index in [2.05, 4.69) is 16.5 Å². The van der Waals surface area contributed by atoms with Crippen LogP contribution in [0.3, 0.4) is 0 Å². The van der Waals surface area contributed by atoms with E-state index in [0.717, 1.165) is 16.6 Å². The van der Waals surface area contributed by atoms with Crippen molar-refractivity contribution in [2.75, 3.05) is 12.8 Å². The van der Waals surface area contributed by atoms with Crippen LogP contribution in [0.2, 0.25) is 0 Å². The Morgan fingerprint density at radius 3 is 2.78 bits per heavy atom. The zero-order valence-corrected chi connectivity index (χ0v) is 12.9. The first-order valence-electron chi connectivity index (χ1n) is 7.27. The number of H-pyrrole nitrogens is 1. The number of amides is 1. The van der Waals surface area contributed by atoms with Gasteiger partial charge < -0.3 is 15.6 Å². The van der Waals surface area contributed by atoms with Gasteiger partial charge in [-0.3, -0.25) is 4.79 Å². The minimum Gasteiger partial charge on any atom is -0.384 e. The molecule has 0 spiro atoms. The minimum absolute atomic E-state index is 0.143. The quantitative estimate of drug-likeness (QED) is 0.728. The molecule has 0 saturated heterocycles. The van der Waals surface area contributed by atoms with Crippen LogP contribution in [0.25, 0.3) is 16.5 Å². The fourth-order valence-corrected chi connectivity index (χ4v) is 2.48. The smallest absolute Gasteiger partial charge is 0.254 e. The van der Waals surface area contributed by atoms with Gasteiger partial charge in [-0.25, -0.2) is 4.98 Å². The molecule has 5 heteroatoms. The summed E-state index contributed by atoms with van der Waals surface area (Å²) in [6.07, 6.45) is 1.56. The van der Waals surface area contributed by atoms with Gasteiger partial charge in [0, 0.05) is 35.6 Å². The van der Waals surface area contributed by atoms with Crippen molar-refractivity contribution in [1.82, 2.24) is 14.9 Å². The number of aromatic nitrogens is 2. The van der Waals surface area contributed by atoms with Gasteiger partial charge in [0.25, 0.3) is 5.91 Å². The highest BCUT2D eigenvalue weighted by atomic mass is 16.2. The monoisotopic (exact) mass is 306 g/mol. The maximum Gasteiger partial charge on any atom is 0.254 e. The molecule has 2 heterocycles. The number of nitrogen functional groups attached to an aromatic ring is 1. The van der Waals surface area contributed by atoms with Gasteiger partial charge >= 0.3 is 0 Å². The summed E-state index contributed by atoms with van der Waals surface area (Å²) in [4.78, 5) is 21.4. The van der Waals surface area contributed by atoms with Crippen molar-refractivity contribution >= 4 is 28.2 Å². The number of nitrogens with two attached hydrogens (primary N) is 1. The Morgan fingerprint density at radius 1 is 1.30 bits per heavy atom. The van der Waals surface area contributed by atoms with Crippen LogP contribution in [-0.2, 0) is 11.3 Å². The molecule has 0 bridgehead atoms. The Kier molecular flexibility index (Phi) is 3.85. The zero-order chi connectivity index (χ0) is 16.4. The Bertz CT molecular complexity index is 831. The van der Waals surface area contributed by atoms with Crippen LogP contribution in [0.4, 0.5) is 5.82 Å². The van der Waals surface area contributed by atoms with Gasteiger partial charge in [-0.05, 0) is 29.7 Å². The Hall–Kier alpha value is -3.08. The molecule has 0 aliphatic rings. The van der Waals surface area contributed by atoms with E-state index in [1.54, 1.807) is 30.3 Å². The van der Waals surface area contributed by atoms with Crippen LogP contribution >= 0.6 is 0 Å². The molecule has 116 valence electrons. The van der Waals surface area contributed by atoms with E-state index in [9.17, 15) is 4.79 Å². The fraction of sp³-hybridized carbons (Fsp3) is 0.111. The molecule has 0 fully saturated rings. The number of anilines is 1. The van der Waals surface area contributed by atoms with Crippen molar-refractivity contribution in [2.24, 2.45) is 0 Å². The summed E-state index contributed by atoms with van der Waals surface area (Å²) in [5.41, 5.74) is 8.67. The summed E-state index contributed by atoms with van der Waals surface area (Å²) in [5.74, 6) is 0.274. The number of likely N-dealkylation sites (N-methyl/N-ethyl adjacent to an activating group) is 1. The molecule has 0 radical (unpaired) electrons. The highest BCUT2D eigenvalue weighted by molar-refractivity contribution is 6.18. The third-order valence-electron chi connectivity index (χ3n) is 3.73. The average Bonchev–Trinajstić information content (AvgIpc) is 2.96. The third kappa shape index (κ3) is 3.08. The maximum atomic E-state index is 12.5. The van der Waals surface area contributed by atoms with Crippen LogP contribution in [0.1, 0.15) is 11.3 Å². The van der Waals surface area contributed by atoms with Crippen molar-refractivity contribution in [3.63, 3.8) is 0 Å². The van der Waals surface area contributed by atoms with Crippen LogP contribution in [0.5, 0.6) is 0 Å². The molecule has 0 saturated carbocycles. The number of nitrogens with one attached hydrogen (secondary N) is 1. The molecule has 3 N–H and O–H groups in total. The molecule has 0 atom stereocenters. The van der Waals surface area contributed by atoms with Crippen molar-refractivity contribution in [3.05, 3.63) is 66.5 Å². The van der Waals surface area contributed by atoms with Crippen molar-refractivity contribution in [2.45, 2.75) is 6.54 Å². The average molecular weight is 306 g/mol. The largest absolute Gasteiger partial charge is 0.384 e. The molecule has 2 aromatic heterocycles. The van der Waals surface area contributed by atoms with E-state index in [1.807, 2.05) is 30.3 Å². The van der Waals surface area contributed by atoms with Gasteiger partial charge in [0.15, 0.2) is 0 Å². The first-order valence-corrected chi connectivity index (χ1v) is 7.27. The molecule has 0 unspecified atom stereocenters. The lowest BCUT2D eigenvalue weighted by molar-refractivity contribution is -0.124. The van der Waals surface area contributed by atoms with Gasteiger partial charge in [-0.1, -0.05) is 24.8 Å².